The molecule has 0 aliphatic carbocycles. The predicted molar refractivity (Wildman–Crippen MR) is 103 cm³/mol. The van der Waals surface area contributed by atoms with Crippen molar-refractivity contribution in [1.29, 1.82) is 0 Å². The first kappa shape index (κ1) is 17.4. The molecule has 2 heterocycles. The Hall–Kier alpha value is -1.97. The van der Waals surface area contributed by atoms with Crippen LogP contribution in [-0.4, -0.2) is 36.0 Å². The Morgan fingerprint density at radius 2 is 1.62 bits per heavy atom. The van der Waals surface area contributed by atoms with Gasteiger partial charge >= 0.3 is 0 Å². The van der Waals surface area contributed by atoms with Gasteiger partial charge in [0, 0.05) is 30.1 Å². The highest BCUT2D eigenvalue weighted by atomic mass is 16.5. The highest BCUT2D eigenvalue weighted by Gasteiger charge is 2.41. The second kappa shape index (κ2) is 7.34. The van der Waals surface area contributed by atoms with Crippen molar-refractivity contribution in [2.24, 2.45) is 5.92 Å². The average molecular weight is 349 g/mol. The molecule has 0 radical (unpaired) electrons. The predicted octanol–water partition coefficient (Wildman–Crippen LogP) is 4.17. The van der Waals surface area contributed by atoms with Crippen LogP contribution in [0.15, 0.2) is 48.5 Å². The molecule has 2 aromatic carbocycles. The Bertz CT molecular complexity index is 752. The molecule has 0 saturated carbocycles. The Kier molecular flexibility index (Phi) is 4.92. The molecule has 4 rings (SSSR count). The van der Waals surface area contributed by atoms with E-state index in [1.165, 1.54) is 16.7 Å². The van der Waals surface area contributed by atoms with Gasteiger partial charge in [-0.25, -0.2) is 0 Å². The maximum Gasteiger partial charge on any atom is 0.166 e. The molecule has 3 heteroatoms. The topological polar surface area (TPSA) is 29.5 Å². The SMILES string of the molecule is Cc1cc(C)cc(C(=O)C2CC3COCC(C2)N3Cc2ccccc2)c1. The summed E-state index contributed by atoms with van der Waals surface area (Å²) in [6.45, 7) is 6.55. The number of fused-ring (bicyclic) bond motifs is 2. The summed E-state index contributed by atoms with van der Waals surface area (Å²) >= 11 is 0. The van der Waals surface area contributed by atoms with Crippen LogP contribution in [0.3, 0.4) is 0 Å². The molecular formula is C23H27NO2. The third kappa shape index (κ3) is 3.60. The van der Waals surface area contributed by atoms with Gasteiger partial charge in [-0.2, -0.15) is 0 Å². The van der Waals surface area contributed by atoms with Gasteiger partial charge in [0.15, 0.2) is 5.78 Å². The van der Waals surface area contributed by atoms with E-state index >= 15 is 0 Å². The normalized spacial score (nSPS) is 25.8. The summed E-state index contributed by atoms with van der Waals surface area (Å²) in [6, 6.07) is 17.5. The van der Waals surface area contributed by atoms with E-state index < -0.39 is 0 Å². The van der Waals surface area contributed by atoms with Gasteiger partial charge in [0.2, 0.25) is 0 Å². The zero-order valence-electron chi connectivity index (χ0n) is 15.7. The number of aryl methyl sites for hydroxylation is 2. The number of ether oxygens (including phenoxy) is 1. The largest absolute Gasteiger partial charge is 0.378 e. The molecule has 2 unspecified atom stereocenters. The quantitative estimate of drug-likeness (QED) is 0.776. The minimum absolute atomic E-state index is 0.113. The number of benzene rings is 2. The van der Waals surface area contributed by atoms with Crippen LogP contribution < -0.4 is 0 Å². The molecule has 2 aromatic rings. The van der Waals surface area contributed by atoms with E-state index in [1.807, 2.05) is 12.1 Å². The van der Waals surface area contributed by atoms with E-state index in [2.05, 4.69) is 55.1 Å². The standard InChI is InChI=1S/C23H27NO2/c1-16-8-17(2)10-19(9-16)23(25)20-11-21-14-26-15-22(12-20)24(21)13-18-6-4-3-5-7-18/h3-10,20-22H,11-15H2,1-2H3. The lowest BCUT2D eigenvalue weighted by Crippen LogP contribution is -2.57. The van der Waals surface area contributed by atoms with Gasteiger partial charge < -0.3 is 4.74 Å². The van der Waals surface area contributed by atoms with E-state index in [0.717, 1.165) is 38.2 Å². The summed E-state index contributed by atoms with van der Waals surface area (Å²) in [5.41, 5.74) is 4.54. The van der Waals surface area contributed by atoms with Crippen LogP contribution in [0.1, 0.15) is 39.9 Å². The van der Waals surface area contributed by atoms with Crippen molar-refractivity contribution in [2.75, 3.05) is 13.2 Å². The molecule has 26 heavy (non-hydrogen) atoms. The van der Waals surface area contributed by atoms with Gasteiger partial charge in [-0.05, 0) is 44.4 Å². The molecule has 0 amide bonds. The van der Waals surface area contributed by atoms with Gasteiger partial charge in [0.1, 0.15) is 0 Å². The van der Waals surface area contributed by atoms with Gasteiger partial charge in [-0.15, -0.1) is 0 Å². The molecule has 3 nitrogen and oxygen atoms in total. The van der Waals surface area contributed by atoms with Crippen LogP contribution in [0.25, 0.3) is 0 Å². The smallest absolute Gasteiger partial charge is 0.166 e. The van der Waals surface area contributed by atoms with Crippen molar-refractivity contribution in [3.63, 3.8) is 0 Å². The highest BCUT2D eigenvalue weighted by Crippen LogP contribution is 2.34. The number of rotatable bonds is 4. The average Bonchev–Trinajstić information content (AvgIpc) is 2.61. The number of Topliss-reactive ketones (excluding diaryl/α,β-unsaturated/α-hetero) is 1. The molecule has 0 spiro atoms. The van der Waals surface area contributed by atoms with Crippen molar-refractivity contribution in [2.45, 2.75) is 45.3 Å². The van der Waals surface area contributed by atoms with Crippen LogP contribution in [0.2, 0.25) is 0 Å². The number of carbonyl (C=O) groups excluding carboxylic acids is 1. The fraction of sp³-hybridized carbons (Fsp3) is 0.435. The number of carbonyl (C=O) groups is 1. The van der Waals surface area contributed by atoms with Gasteiger partial charge in [-0.3, -0.25) is 9.69 Å². The molecule has 2 saturated heterocycles. The molecule has 2 aliphatic heterocycles. The molecular weight excluding hydrogens is 322 g/mol. The monoisotopic (exact) mass is 349 g/mol. The first-order valence-corrected chi connectivity index (χ1v) is 9.60. The second-order valence-electron chi connectivity index (χ2n) is 7.91. The Labute approximate surface area is 156 Å². The van der Waals surface area contributed by atoms with E-state index in [-0.39, 0.29) is 5.92 Å². The number of morpholine rings is 1. The van der Waals surface area contributed by atoms with E-state index in [0.29, 0.717) is 17.9 Å². The second-order valence-corrected chi connectivity index (χ2v) is 7.91. The summed E-state index contributed by atoms with van der Waals surface area (Å²) < 4.78 is 5.82. The number of piperidine rings is 1. The molecule has 136 valence electrons. The zero-order chi connectivity index (χ0) is 18.1. The van der Waals surface area contributed by atoms with Gasteiger partial charge in [0.05, 0.1) is 13.2 Å². The van der Waals surface area contributed by atoms with Crippen molar-refractivity contribution < 1.29 is 9.53 Å². The van der Waals surface area contributed by atoms with E-state index in [4.69, 9.17) is 4.74 Å². The minimum atomic E-state index is 0.113. The van der Waals surface area contributed by atoms with Crippen molar-refractivity contribution in [3.8, 4) is 0 Å². The number of ketones is 1. The fourth-order valence-corrected chi connectivity index (χ4v) is 4.61. The lowest BCUT2D eigenvalue weighted by atomic mass is 9.80. The van der Waals surface area contributed by atoms with Crippen LogP contribution in [0.5, 0.6) is 0 Å². The van der Waals surface area contributed by atoms with Gasteiger partial charge in [-0.1, -0.05) is 47.5 Å². The summed E-state index contributed by atoms with van der Waals surface area (Å²) in [5, 5.41) is 0. The third-order valence-corrected chi connectivity index (χ3v) is 5.76. The molecule has 2 atom stereocenters. The van der Waals surface area contributed by atoms with E-state index in [9.17, 15) is 4.79 Å². The summed E-state index contributed by atoms with van der Waals surface area (Å²) in [5.74, 6) is 0.426. The number of hydrogen-bond acceptors (Lipinski definition) is 3. The molecule has 2 aliphatic rings. The summed E-state index contributed by atoms with van der Waals surface area (Å²) in [7, 11) is 0. The van der Waals surface area contributed by atoms with Crippen LogP contribution in [0.4, 0.5) is 0 Å². The first-order chi connectivity index (χ1) is 12.6. The van der Waals surface area contributed by atoms with Crippen LogP contribution in [-0.2, 0) is 11.3 Å². The maximum atomic E-state index is 13.1. The number of hydrogen-bond donors (Lipinski definition) is 0. The third-order valence-electron chi connectivity index (χ3n) is 5.76. The maximum absolute atomic E-state index is 13.1. The van der Waals surface area contributed by atoms with E-state index in [1.54, 1.807) is 0 Å². The van der Waals surface area contributed by atoms with Gasteiger partial charge in [0.25, 0.3) is 0 Å². The van der Waals surface area contributed by atoms with Crippen molar-refractivity contribution in [1.82, 2.24) is 4.90 Å². The first-order valence-electron chi connectivity index (χ1n) is 9.60. The summed E-state index contributed by atoms with van der Waals surface area (Å²) in [6.07, 6.45) is 1.80. The highest BCUT2D eigenvalue weighted by molar-refractivity contribution is 5.98. The fourth-order valence-electron chi connectivity index (χ4n) is 4.61. The zero-order valence-corrected chi connectivity index (χ0v) is 15.7. The molecule has 2 fully saturated rings. The molecule has 0 N–H and O–H groups in total. The van der Waals surface area contributed by atoms with Crippen molar-refractivity contribution in [3.05, 3.63) is 70.8 Å². The Morgan fingerprint density at radius 1 is 1.00 bits per heavy atom. The molecule has 0 aromatic heterocycles. The summed E-state index contributed by atoms with van der Waals surface area (Å²) in [4.78, 5) is 15.7. The molecule has 2 bridgehead atoms. The Balaban J connectivity index is 1.51. The lowest BCUT2D eigenvalue weighted by molar-refractivity contribution is -0.0872. The van der Waals surface area contributed by atoms with Crippen molar-refractivity contribution >= 4 is 5.78 Å². The number of nitrogens with zero attached hydrogens (tertiary/aromatic N) is 1. The van der Waals surface area contributed by atoms with Crippen LogP contribution >= 0.6 is 0 Å². The van der Waals surface area contributed by atoms with Crippen LogP contribution in [0, 0.1) is 19.8 Å². The minimum Gasteiger partial charge on any atom is -0.378 e. The lowest BCUT2D eigenvalue weighted by Gasteiger charge is -2.48. The Morgan fingerprint density at radius 3 is 2.23 bits per heavy atom.